The summed E-state index contributed by atoms with van der Waals surface area (Å²) in [6, 6.07) is 20.6. The number of nitrogens with one attached hydrogen (secondary N) is 1. The van der Waals surface area contributed by atoms with Crippen LogP contribution in [0.1, 0.15) is 26.3 Å². The van der Waals surface area contributed by atoms with E-state index in [2.05, 4.69) is 5.32 Å². The minimum atomic E-state index is -0.316. The minimum absolute atomic E-state index is 0.100. The first-order chi connectivity index (χ1) is 14.5. The maximum Gasteiger partial charge on any atom is 0.262 e. The molecule has 0 saturated heterocycles. The van der Waals surface area contributed by atoms with Gasteiger partial charge in [-0.15, -0.1) is 0 Å². The molecule has 1 N–H and O–H groups in total. The SMILES string of the molecule is O=C(COc1ccc(C=C2C(=O)c3ccccc3C2=O)cc1Cl)Nc1ccccc1. The quantitative estimate of drug-likeness (QED) is 0.477. The number of anilines is 1. The molecule has 0 unspecified atom stereocenters. The van der Waals surface area contributed by atoms with Crippen LogP contribution in [0.25, 0.3) is 6.08 Å². The van der Waals surface area contributed by atoms with Crippen LogP contribution in [-0.2, 0) is 4.79 Å². The Morgan fingerprint density at radius 1 is 0.900 bits per heavy atom. The van der Waals surface area contributed by atoms with Crippen LogP contribution in [0.3, 0.4) is 0 Å². The van der Waals surface area contributed by atoms with Gasteiger partial charge in [0.1, 0.15) is 5.75 Å². The van der Waals surface area contributed by atoms with Crippen molar-refractivity contribution in [1.29, 1.82) is 0 Å². The second-order valence-corrected chi connectivity index (χ2v) is 7.06. The van der Waals surface area contributed by atoms with E-state index in [1.165, 1.54) is 6.08 Å². The molecule has 0 bridgehead atoms. The first-order valence-corrected chi connectivity index (χ1v) is 9.58. The summed E-state index contributed by atoms with van der Waals surface area (Å²) in [5.41, 5.74) is 2.17. The molecule has 3 aromatic rings. The van der Waals surface area contributed by atoms with E-state index in [0.717, 1.165) is 0 Å². The zero-order valence-corrected chi connectivity index (χ0v) is 16.5. The predicted molar refractivity (Wildman–Crippen MR) is 115 cm³/mol. The third-order valence-corrected chi connectivity index (χ3v) is 4.88. The highest BCUT2D eigenvalue weighted by molar-refractivity contribution is 6.41. The lowest BCUT2D eigenvalue weighted by atomic mass is 10.1. The van der Waals surface area contributed by atoms with Gasteiger partial charge in [0.2, 0.25) is 0 Å². The van der Waals surface area contributed by atoms with Crippen LogP contribution in [0.5, 0.6) is 5.75 Å². The fourth-order valence-corrected chi connectivity index (χ4v) is 3.40. The maximum absolute atomic E-state index is 12.5. The molecule has 0 fully saturated rings. The fraction of sp³-hybridized carbons (Fsp3) is 0.0417. The normalized spacial score (nSPS) is 12.5. The number of para-hydroxylation sites is 1. The second kappa shape index (κ2) is 8.35. The lowest BCUT2D eigenvalue weighted by Crippen LogP contribution is -2.20. The Hall–Kier alpha value is -3.70. The Labute approximate surface area is 177 Å². The van der Waals surface area contributed by atoms with Gasteiger partial charge >= 0.3 is 0 Å². The van der Waals surface area contributed by atoms with Crippen LogP contribution in [-0.4, -0.2) is 24.1 Å². The molecule has 0 saturated carbocycles. The Morgan fingerprint density at radius 2 is 1.53 bits per heavy atom. The van der Waals surface area contributed by atoms with Crippen molar-refractivity contribution in [3.8, 4) is 5.75 Å². The second-order valence-electron chi connectivity index (χ2n) is 6.65. The van der Waals surface area contributed by atoms with Gasteiger partial charge in [0.05, 0.1) is 10.6 Å². The lowest BCUT2D eigenvalue weighted by molar-refractivity contribution is -0.118. The standard InChI is InChI=1S/C24H16ClNO4/c25-20-13-15(12-19-23(28)17-8-4-5-9-18(17)24(19)29)10-11-21(20)30-14-22(27)26-16-6-2-1-3-7-16/h1-13H,14H2,(H,26,27). The molecule has 1 aliphatic rings. The van der Waals surface area contributed by atoms with Gasteiger partial charge in [-0.05, 0) is 35.9 Å². The third-order valence-electron chi connectivity index (χ3n) is 4.59. The number of hydrogen-bond acceptors (Lipinski definition) is 4. The number of Topliss-reactive ketones (excluding diaryl/α,β-unsaturated/α-hetero) is 2. The number of carbonyl (C=O) groups is 3. The van der Waals surface area contributed by atoms with Crippen molar-refractivity contribution < 1.29 is 19.1 Å². The van der Waals surface area contributed by atoms with Crippen molar-refractivity contribution in [2.75, 3.05) is 11.9 Å². The average molecular weight is 418 g/mol. The van der Waals surface area contributed by atoms with Crippen LogP contribution < -0.4 is 10.1 Å². The zero-order valence-electron chi connectivity index (χ0n) is 15.7. The average Bonchev–Trinajstić information content (AvgIpc) is 2.99. The minimum Gasteiger partial charge on any atom is -0.482 e. The molecule has 0 heterocycles. The lowest BCUT2D eigenvalue weighted by Gasteiger charge is -2.09. The van der Waals surface area contributed by atoms with Crippen LogP contribution in [0.2, 0.25) is 5.02 Å². The number of ketones is 2. The van der Waals surface area contributed by atoms with E-state index >= 15 is 0 Å². The van der Waals surface area contributed by atoms with Crippen LogP contribution in [0.15, 0.2) is 78.4 Å². The third kappa shape index (κ3) is 4.02. The van der Waals surface area contributed by atoms with Gasteiger partial charge < -0.3 is 10.1 Å². The summed E-state index contributed by atoms with van der Waals surface area (Å²) in [5.74, 6) is -0.591. The molecule has 6 heteroatoms. The van der Waals surface area contributed by atoms with E-state index < -0.39 is 0 Å². The number of hydrogen-bond donors (Lipinski definition) is 1. The summed E-state index contributed by atoms with van der Waals surface area (Å²) in [4.78, 5) is 37.0. The van der Waals surface area contributed by atoms with E-state index in [0.29, 0.717) is 28.1 Å². The van der Waals surface area contributed by atoms with Gasteiger partial charge in [-0.1, -0.05) is 60.1 Å². The van der Waals surface area contributed by atoms with Gasteiger partial charge in [0.15, 0.2) is 18.2 Å². The smallest absolute Gasteiger partial charge is 0.262 e. The Morgan fingerprint density at radius 3 is 2.17 bits per heavy atom. The highest BCUT2D eigenvalue weighted by atomic mass is 35.5. The monoisotopic (exact) mass is 417 g/mol. The summed E-state index contributed by atoms with van der Waals surface area (Å²) in [7, 11) is 0. The van der Waals surface area contributed by atoms with Gasteiger partial charge in [-0.2, -0.15) is 0 Å². The molecule has 3 aromatic carbocycles. The molecule has 0 atom stereocenters. The Bertz CT molecular complexity index is 1150. The molecular weight excluding hydrogens is 402 g/mol. The molecular formula is C24H16ClNO4. The first-order valence-electron chi connectivity index (χ1n) is 9.20. The van der Waals surface area contributed by atoms with Crippen molar-refractivity contribution in [3.63, 3.8) is 0 Å². The Balaban J connectivity index is 1.45. The summed E-state index contributed by atoms with van der Waals surface area (Å²) < 4.78 is 5.49. The topological polar surface area (TPSA) is 72.5 Å². The summed E-state index contributed by atoms with van der Waals surface area (Å²) in [6.07, 6.45) is 1.52. The highest BCUT2D eigenvalue weighted by Crippen LogP contribution is 2.30. The van der Waals surface area contributed by atoms with E-state index in [1.54, 1.807) is 54.6 Å². The molecule has 0 aromatic heterocycles. The molecule has 4 rings (SSSR count). The van der Waals surface area contributed by atoms with Crippen LogP contribution >= 0.6 is 11.6 Å². The molecule has 1 amide bonds. The number of rotatable bonds is 5. The van der Waals surface area contributed by atoms with Crippen LogP contribution in [0, 0.1) is 0 Å². The van der Waals surface area contributed by atoms with Crippen molar-refractivity contribution in [3.05, 3.63) is 100 Å². The van der Waals surface area contributed by atoms with Crippen molar-refractivity contribution >= 4 is 40.8 Å². The number of carbonyl (C=O) groups excluding carboxylic acids is 3. The highest BCUT2D eigenvalue weighted by Gasteiger charge is 2.32. The molecule has 1 aliphatic carbocycles. The van der Waals surface area contributed by atoms with Gasteiger partial charge in [-0.3, -0.25) is 14.4 Å². The number of fused-ring (bicyclic) bond motifs is 1. The number of amides is 1. The van der Waals surface area contributed by atoms with E-state index in [-0.39, 0.29) is 34.7 Å². The number of benzene rings is 3. The molecule has 5 nitrogen and oxygen atoms in total. The van der Waals surface area contributed by atoms with Gasteiger partial charge in [0.25, 0.3) is 5.91 Å². The van der Waals surface area contributed by atoms with Crippen molar-refractivity contribution in [1.82, 2.24) is 0 Å². The van der Waals surface area contributed by atoms with Gasteiger partial charge in [-0.25, -0.2) is 0 Å². The molecule has 0 radical (unpaired) electrons. The summed E-state index contributed by atoms with van der Waals surface area (Å²) >= 11 is 6.26. The molecule has 0 spiro atoms. The van der Waals surface area contributed by atoms with E-state index in [9.17, 15) is 14.4 Å². The zero-order chi connectivity index (χ0) is 21.1. The number of ether oxygens (including phenoxy) is 1. The first kappa shape index (κ1) is 19.6. The molecule has 0 aliphatic heterocycles. The van der Waals surface area contributed by atoms with Gasteiger partial charge in [0, 0.05) is 16.8 Å². The predicted octanol–water partition coefficient (Wildman–Crippen LogP) is 4.82. The summed E-state index contributed by atoms with van der Waals surface area (Å²) in [6.45, 7) is -0.207. The van der Waals surface area contributed by atoms with Crippen molar-refractivity contribution in [2.45, 2.75) is 0 Å². The summed E-state index contributed by atoms with van der Waals surface area (Å²) in [5, 5.41) is 2.99. The number of halogens is 1. The maximum atomic E-state index is 12.5. The Kier molecular flexibility index (Phi) is 5.46. The molecule has 148 valence electrons. The van der Waals surface area contributed by atoms with E-state index in [1.807, 2.05) is 18.2 Å². The van der Waals surface area contributed by atoms with E-state index in [4.69, 9.17) is 16.3 Å². The number of allylic oxidation sites excluding steroid dienone is 1. The largest absolute Gasteiger partial charge is 0.482 e. The van der Waals surface area contributed by atoms with Crippen molar-refractivity contribution in [2.24, 2.45) is 0 Å². The fourth-order valence-electron chi connectivity index (χ4n) is 3.16. The van der Waals surface area contributed by atoms with Crippen LogP contribution in [0.4, 0.5) is 5.69 Å². The molecule has 30 heavy (non-hydrogen) atoms.